The highest BCUT2D eigenvalue weighted by atomic mass is 35.5. The van der Waals surface area contributed by atoms with Crippen LogP contribution in [0.15, 0.2) is 0 Å². The molecule has 2 amide bonds. The lowest BCUT2D eigenvalue weighted by Crippen LogP contribution is -2.60. The lowest BCUT2D eigenvalue weighted by molar-refractivity contribution is -0.148. The summed E-state index contributed by atoms with van der Waals surface area (Å²) in [5.41, 5.74) is 5.52. The van der Waals surface area contributed by atoms with Gasteiger partial charge in [-0.25, -0.2) is 0 Å². The molecule has 154 valence electrons. The molecule has 0 aliphatic heterocycles. The fraction of sp³-hybridized carbons (Fsp3) is 0.913. The number of carbonyl (C=O) groups excluding carboxylic acids is 2. The Hall–Kier alpha value is -0.770. The van der Waals surface area contributed by atoms with Crippen LogP contribution in [-0.2, 0) is 9.59 Å². The third-order valence-corrected chi connectivity index (χ3v) is 9.93. The van der Waals surface area contributed by atoms with E-state index in [2.05, 4.69) is 10.9 Å². The van der Waals surface area contributed by atoms with Gasteiger partial charge in [-0.1, -0.05) is 0 Å². The monoisotopic (exact) mass is 404 g/mol. The quantitative estimate of drug-likeness (QED) is 0.543. The Bertz CT molecular complexity index is 670. The zero-order valence-corrected chi connectivity index (χ0v) is 17.5. The summed E-state index contributed by atoms with van der Waals surface area (Å²) in [4.78, 5) is 25.7. The first-order chi connectivity index (χ1) is 13.3. The predicted octanol–water partition coefficient (Wildman–Crippen LogP) is 4.32. The lowest BCUT2D eigenvalue weighted by Gasteiger charge is -2.59. The molecule has 8 aliphatic rings. The Labute approximate surface area is 172 Å². The second-order valence-electron chi connectivity index (χ2n) is 12.0. The number of alkyl halides is 1. The van der Waals surface area contributed by atoms with E-state index in [0.717, 1.165) is 49.9 Å². The smallest absolute Gasteiger partial charge is 0.244 e. The number of nitrogens with one attached hydrogen (secondary N) is 2. The van der Waals surface area contributed by atoms with Crippen LogP contribution in [0.25, 0.3) is 0 Å². The fourth-order valence-electron chi connectivity index (χ4n) is 9.57. The van der Waals surface area contributed by atoms with E-state index >= 15 is 0 Å². The molecule has 0 unspecified atom stereocenters. The molecule has 2 atom stereocenters. The SMILES string of the molecule is O=C(CC12CC3CC(CC(C3)C1)C2)NNC(=O)C12C[C@@H]3C[C@H](CC(Cl)(C3)C1)C2. The summed E-state index contributed by atoms with van der Waals surface area (Å²) in [5.74, 6) is 3.76. The second kappa shape index (κ2) is 5.89. The van der Waals surface area contributed by atoms with Crippen LogP contribution < -0.4 is 10.9 Å². The van der Waals surface area contributed by atoms with Gasteiger partial charge in [0.05, 0.1) is 5.41 Å². The van der Waals surface area contributed by atoms with E-state index in [9.17, 15) is 9.59 Å². The average Bonchev–Trinajstić information content (AvgIpc) is 2.55. The van der Waals surface area contributed by atoms with Gasteiger partial charge in [0.1, 0.15) is 0 Å². The fourth-order valence-corrected chi connectivity index (χ4v) is 10.3. The molecule has 5 heteroatoms. The van der Waals surface area contributed by atoms with Gasteiger partial charge < -0.3 is 0 Å². The zero-order chi connectivity index (χ0) is 19.1. The number of carbonyl (C=O) groups is 2. The highest BCUT2D eigenvalue weighted by Crippen LogP contribution is 2.64. The summed E-state index contributed by atoms with van der Waals surface area (Å²) in [6.07, 6.45) is 14.5. The van der Waals surface area contributed by atoms with Crippen molar-refractivity contribution < 1.29 is 9.59 Å². The average molecular weight is 405 g/mol. The maximum Gasteiger partial charge on any atom is 0.244 e. The molecule has 0 heterocycles. The van der Waals surface area contributed by atoms with Gasteiger partial charge in [-0.2, -0.15) is 0 Å². The van der Waals surface area contributed by atoms with Crippen LogP contribution in [0.5, 0.6) is 0 Å². The van der Waals surface area contributed by atoms with Gasteiger partial charge in [-0.15, -0.1) is 11.6 Å². The Morgan fingerprint density at radius 3 is 1.82 bits per heavy atom. The highest BCUT2D eigenvalue weighted by molar-refractivity contribution is 6.24. The molecule has 0 aromatic heterocycles. The van der Waals surface area contributed by atoms with E-state index in [4.69, 9.17) is 11.6 Å². The number of rotatable bonds is 3. The van der Waals surface area contributed by atoms with Crippen molar-refractivity contribution in [2.24, 2.45) is 40.4 Å². The highest BCUT2D eigenvalue weighted by Gasteiger charge is 2.60. The van der Waals surface area contributed by atoms with Gasteiger partial charge in [0.15, 0.2) is 0 Å². The summed E-state index contributed by atoms with van der Waals surface area (Å²) in [6.45, 7) is 0. The Morgan fingerprint density at radius 2 is 1.29 bits per heavy atom. The van der Waals surface area contributed by atoms with Crippen molar-refractivity contribution in [1.82, 2.24) is 10.9 Å². The molecule has 0 saturated heterocycles. The van der Waals surface area contributed by atoms with E-state index < -0.39 is 0 Å². The minimum Gasteiger partial charge on any atom is -0.273 e. The van der Waals surface area contributed by atoms with Crippen LogP contribution >= 0.6 is 11.6 Å². The van der Waals surface area contributed by atoms with Crippen LogP contribution in [0.2, 0.25) is 0 Å². The minimum absolute atomic E-state index is 0.0145. The van der Waals surface area contributed by atoms with Crippen LogP contribution in [0, 0.1) is 40.4 Å². The first kappa shape index (κ1) is 18.0. The molecule has 0 aromatic carbocycles. The number of halogens is 1. The molecular formula is C23H33ClN2O2. The van der Waals surface area contributed by atoms with Gasteiger partial charge in [-0.05, 0) is 112 Å². The van der Waals surface area contributed by atoms with Gasteiger partial charge in [0, 0.05) is 11.3 Å². The van der Waals surface area contributed by atoms with Crippen LogP contribution in [-0.4, -0.2) is 16.7 Å². The standard InChI is InChI=1S/C23H33ClN2O2/c24-23-10-17-4-18(11-23)9-22(8-17,13-23)20(28)26-25-19(27)12-21-5-14-1-15(6-21)3-16(2-14)7-21/h14-18H,1-13H2,(H,25,27)(H,26,28)/t14?,15?,16?,17-,18-,21?,22?,23?/m0/s1. The molecule has 8 aliphatic carbocycles. The molecule has 4 nitrogen and oxygen atoms in total. The van der Waals surface area contributed by atoms with Crippen molar-refractivity contribution in [2.75, 3.05) is 0 Å². The Kier molecular flexibility index (Phi) is 3.80. The molecule has 8 bridgehead atoms. The zero-order valence-electron chi connectivity index (χ0n) is 16.8. The minimum atomic E-state index is -0.347. The van der Waals surface area contributed by atoms with Crippen molar-refractivity contribution in [3.05, 3.63) is 0 Å². The van der Waals surface area contributed by atoms with E-state index in [0.29, 0.717) is 18.3 Å². The maximum atomic E-state index is 13.1. The largest absolute Gasteiger partial charge is 0.273 e. The topological polar surface area (TPSA) is 58.2 Å². The van der Waals surface area contributed by atoms with Crippen molar-refractivity contribution in [2.45, 2.75) is 88.3 Å². The molecule has 0 radical (unpaired) electrons. The normalized spacial score (nSPS) is 52.7. The molecule has 8 saturated carbocycles. The van der Waals surface area contributed by atoms with Crippen LogP contribution in [0.1, 0.15) is 83.5 Å². The third-order valence-electron chi connectivity index (χ3n) is 9.49. The summed E-state index contributed by atoms with van der Waals surface area (Å²) in [6, 6.07) is 0. The van der Waals surface area contributed by atoms with Crippen LogP contribution in [0.4, 0.5) is 0 Å². The van der Waals surface area contributed by atoms with Gasteiger partial charge in [-0.3, -0.25) is 20.4 Å². The predicted molar refractivity (Wildman–Crippen MR) is 107 cm³/mol. The van der Waals surface area contributed by atoms with Crippen molar-refractivity contribution in [1.29, 1.82) is 0 Å². The van der Waals surface area contributed by atoms with Gasteiger partial charge in [0.25, 0.3) is 0 Å². The van der Waals surface area contributed by atoms with E-state index in [1.807, 2.05) is 0 Å². The molecule has 28 heavy (non-hydrogen) atoms. The molecule has 0 spiro atoms. The van der Waals surface area contributed by atoms with E-state index in [1.54, 1.807) is 0 Å². The van der Waals surface area contributed by atoms with E-state index in [1.165, 1.54) is 44.9 Å². The number of amides is 2. The molecule has 8 rings (SSSR count). The number of hydrogen-bond acceptors (Lipinski definition) is 2. The summed E-state index contributed by atoms with van der Waals surface area (Å²) in [7, 11) is 0. The lowest BCUT2D eigenvalue weighted by atomic mass is 9.49. The van der Waals surface area contributed by atoms with Gasteiger partial charge in [0.2, 0.25) is 11.8 Å². The Balaban J connectivity index is 1.09. The summed E-state index contributed by atoms with van der Waals surface area (Å²) < 4.78 is 0. The number of hydrogen-bond donors (Lipinski definition) is 2. The second-order valence-corrected chi connectivity index (χ2v) is 12.8. The van der Waals surface area contributed by atoms with Crippen LogP contribution in [0.3, 0.4) is 0 Å². The first-order valence-corrected chi connectivity index (χ1v) is 12.0. The summed E-state index contributed by atoms with van der Waals surface area (Å²) >= 11 is 6.86. The third kappa shape index (κ3) is 2.84. The number of hydrazine groups is 1. The molecule has 2 N–H and O–H groups in total. The molecule has 8 fully saturated rings. The van der Waals surface area contributed by atoms with Crippen molar-refractivity contribution in [3.63, 3.8) is 0 Å². The van der Waals surface area contributed by atoms with Gasteiger partial charge >= 0.3 is 0 Å². The Morgan fingerprint density at radius 1 is 0.750 bits per heavy atom. The first-order valence-electron chi connectivity index (χ1n) is 11.6. The molecule has 0 aromatic rings. The van der Waals surface area contributed by atoms with Crippen molar-refractivity contribution in [3.8, 4) is 0 Å². The molecular weight excluding hydrogens is 372 g/mol. The maximum absolute atomic E-state index is 13.1. The van der Waals surface area contributed by atoms with E-state index in [-0.39, 0.29) is 27.5 Å². The van der Waals surface area contributed by atoms with Crippen molar-refractivity contribution >= 4 is 23.4 Å². The summed E-state index contributed by atoms with van der Waals surface area (Å²) in [5, 5.41) is 0.